The van der Waals surface area contributed by atoms with E-state index in [1.54, 1.807) is 7.11 Å². The van der Waals surface area contributed by atoms with Gasteiger partial charge in [0.15, 0.2) is 0 Å². The highest BCUT2D eigenvalue weighted by atomic mass is 35.5. The molecule has 2 N–H and O–H groups in total. The zero-order valence-corrected chi connectivity index (χ0v) is 12.9. The summed E-state index contributed by atoms with van der Waals surface area (Å²) < 4.78 is 5.13. The minimum absolute atomic E-state index is 0. The highest BCUT2D eigenvalue weighted by molar-refractivity contribution is 8.00. The number of hydrogen-bond acceptors (Lipinski definition) is 4. The van der Waals surface area contributed by atoms with Crippen molar-refractivity contribution in [2.75, 3.05) is 33.0 Å². The molecule has 0 atom stereocenters. The normalized spacial score (nSPS) is 9.58. The minimum Gasteiger partial charge on any atom is -0.497 e. The summed E-state index contributed by atoms with van der Waals surface area (Å²) in [5.41, 5.74) is 0. The number of methoxy groups -OCH3 is 1. The Bertz CT molecular complexity index is 377. The van der Waals surface area contributed by atoms with E-state index in [0.717, 1.165) is 30.2 Å². The molecule has 0 aromatic heterocycles. The van der Waals surface area contributed by atoms with Gasteiger partial charge in [-0.05, 0) is 38.2 Å². The first-order valence-corrected chi connectivity index (χ1v) is 6.93. The maximum Gasteiger partial charge on any atom is 0.230 e. The number of thioether (sulfide) groups is 1. The number of nitrogens with one attached hydrogen (secondary N) is 2. The number of hydrogen-bond donors (Lipinski definition) is 2. The number of benzene rings is 1. The summed E-state index contributed by atoms with van der Waals surface area (Å²) in [5, 5.41) is 5.93. The van der Waals surface area contributed by atoms with Crippen LogP contribution in [0.2, 0.25) is 0 Å². The standard InChI is InChI=1S/C13H20N2O2S.ClH/c1-14-7-4-8-15-13(16)10-18-12-6-3-5-11(9-12)17-2;/h3,5-6,9,14H,4,7-8,10H2,1-2H3,(H,15,16);1H. The first-order valence-electron chi connectivity index (χ1n) is 5.94. The predicted octanol–water partition coefficient (Wildman–Crippen LogP) is 1.93. The van der Waals surface area contributed by atoms with Crippen molar-refractivity contribution < 1.29 is 9.53 Å². The molecule has 0 fully saturated rings. The number of ether oxygens (including phenoxy) is 1. The molecule has 108 valence electrons. The van der Waals surface area contributed by atoms with Gasteiger partial charge in [-0.15, -0.1) is 24.2 Å². The Morgan fingerprint density at radius 1 is 1.37 bits per heavy atom. The lowest BCUT2D eigenvalue weighted by Crippen LogP contribution is -2.27. The van der Waals surface area contributed by atoms with Crippen molar-refractivity contribution in [2.45, 2.75) is 11.3 Å². The van der Waals surface area contributed by atoms with Gasteiger partial charge >= 0.3 is 0 Å². The van der Waals surface area contributed by atoms with Crippen LogP contribution in [0.3, 0.4) is 0 Å². The molecule has 0 saturated carbocycles. The van der Waals surface area contributed by atoms with Crippen LogP contribution < -0.4 is 15.4 Å². The van der Waals surface area contributed by atoms with Gasteiger partial charge < -0.3 is 15.4 Å². The molecule has 0 aliphatic rings. The van der Waals surface area contributed by atoms with Crippen molar-refractivity contribution in [3.63, 3.8) is 0 Å². The van der Waals surface area contributed by atoms with E-state index in [1.165, 1.54) is 11.8 Å². The molecule has 0 aliphatic carbocycles. The smallest absolute Gasteiger partial charge is 0.230 e. The molecule has 0 heterocycles. The lowest BCUT2D eigenvalue weighted by molar-refractivity contribution is -0.118. The van der Waals surface area contributed by atoms with Crippen LogP contribution in [0.5, 0.6) is 5.75 Å². The van der Waals surface area contributed by atoms with Gasteiger partial charge in [0.25, 0.3) is 0 Å². The van der Waals surface area contributed by atoms with Gasteiger partial charge in [0.05, 0.1) is 12.9 Å². The van der Waals surface area contributed by atoms with Crippen molar-refractivity contribution in [1.29, 1.82) is 0 Å². The largest absolute Gasteiger partial charge is 0.497 e. The van der Waals surface area contributed by atoms with E-state index in [4.69, 9.17) is 4.74 Å². The van der Waals surface area contributed by atoms with E-state index in [-0.39, 0.29) is 18.3 Å². The van der Waals surface area contributed by atoms with E-state index in [9.17, 15) is 4.79 Å². The topological polar surface area (TPSA) is 50.4 Å². The van der Waals surface area contributed by atoms with Crippen LogP contribution in [0, 0.1) is 0 Å². The zero-order valence-electron chi connectivity index (χ0n) is 11.3. The lowest BCUT2D eigenvalue weighted by atomic mass is 10.3. The van der Waals surface area contributed by atoms with Crippen molar-refractivity contribution in [1.82, 2.24) is 10.6 Å². The van der Waals surface area contributed by atoms with Crippen molar-refractivity contribution in [2.24, 2.45) is 0 Å². The van der Waals surface area contributed by atoms with Crippen molar-refractivity contribution >= 4 is 30.1 Å². The Balaban J connectivity index is 0.00000324. The molecule has 6 heteroatoms. The van der Waals surface area contributed by atoms with Crippen LogP contribution >= 0.6 is 24.2 Å². The van der Waals surface area contributed by atoms with Gasteiger partial charge in [-0.1, -0.05) is 6.07 Å². The average molecular weight is 305 g/mol. The van der Waals surface area contributed by atoms with Gasteiger partial charge in [-0.25, -0.2) is 0 Å². The Morgan fingerprint density at radius 3 is 2.84 bits per heavy atom. The summed E-state index contributed by atoms with van der Waals surface area (Å²) in [7, 11) is 3.54. The van der Waals surface area contributed by atoms with Gasteiger partial charge in [0, 0.05) is 11.4 Å². The van der Waals surface area contributed by atoms with E-state index in [2.05, 4.69) is 10.6 Å². The summed E-state index contributed by atoms with van der Waals surface area (Å²) in [6, 6.07) is 7.72. The highest BCUT2D eigenvalue weighted by Crippen LogP contribution is 2.22. The number of halogens is 1. The van der Waals surface area contributed by atoms with Crippen LogP contribution in [0.15, 0.2) is 29.2 Å². The molecule has 0 bridgehead atoms. The third-order valence-electron chi connectivity index (χ3n) is 2.34. The van der Waals surface area contributed by atoms with E-state index >= 15 is 0 Å². The summed E-state index contributed by atoms with van der Waals surface area (Å²) in [6.07, 6.45) is 0.950. The van der Waals surface area contributed by atoms with E-state index < -0.39 is 0 Å². The number of carbonyl (C=O) groups excluding carboxylic acids is 1. The molecule has 4 nitrogen and oxygen atoms in total. The van der Waals surface area contributed by atoms with E-state index in [1.807, 2.05) is 31.3 Å². The molecule has 1 rings (SSSR count). The molecule has 0 radical (unpaired) electrons. The summed E-state index contributed by atoms with van der Waals surface area (Å²) in [4.78, 5) is 12.6. The molecule has 1 aromatic rings. The van der Waals surface area contributed by atoms with Crippen LogP contribution in [-0.2, 0) is 4.79 Å². The van der Waals surface area contributed by atoms with Crippen LogP contribution in [0.25, 0.3) is 0 Å². The molecule has 1 amide bonds. The molecular formula is C13H21ClN2O2S. The third kappa shape index (κ3) is 7.97. The SMILES string of the molecule is CNCCCNC(=O)CSc1cccc(OC)c1.Cl. The van der Waals surface area contributed by atoms with Crippen molar-refractivity contribution in [3.05, 3.63) is 24.3 Å². The second kappa shape index (κ2) is 11.0. The Kier molecular flexibility index (Phi) is 10.4. The van der Waals surface area contributed by atoms with Crippen LogP contribution in [-0.4, -0.2) is 38.9 Å². The fraction of sp³-hybridized carbons (Fsp3) is 0.462. The molecular weight excluding hydrogens is 284 g/mol. The summed E-state index contributed by atoms with van der Waals surface area (Å²) >= 11 is 1.51. The fourth-order valence-electron chi connectivity index (χ4n) is 1.38. The number of carbonyl (C=O) groups is 1. The Morgan fingerprint density at radius 2 is 2.16 bits per heavy atom. The molecule has 1 aromatic carbocycles. The molecule has 0 unspecified atom stereocenters. The monoisotopic (exact) mass is 304 g/mol. The second-order valence-electron chi connectivity index (χ2n) is 3.77. The first kappa shape index (κ1) is 18.1. The summed E-state index contributed by atoms with van der Waals surface area (Å²) in [6.45, 7) is 1.64. The van der Waals surface area contributed by atoms with E-state index in [0.29, 0.717) is 5.75 Å². The highest BCUT2D eigenvalue weighted by Gasteiger charge is 2.02. The quantitative estimate of drug-likeness (QED) is 0.569. The third-order valence-corrected chi connectivity index (χ3v) is 3.33. The zero-order chi connectivity index (χ0) is 13.2. The van der Waals surface area contributed by atoms with Crippen LogP contribution in [0.1, 0.15) is 6.42 Å². The average Bonchev–Trinajstić information content (AvgIpc) is 2.41. The molecule has 0 saturated heterocycles. The van der Waals surface area contributed by atoms with Gasteiger partial charge in [0.1, 0.15) is 5.75 Å². The second-order valence-corrected chi connectivity index (χ2v) is 4.82. The first-order chi connectivity index (χ1) is 8.76. The Hall–Kier alpha value is -0.910. The molecule has 19 heavy (non-hydrogen) atoms. The van der Waals surface area contributed by atoms with Crippen molar-refractivity contribution in [3.8, 4) is 5.75 Å². The fourth-order valence-corrected chi connectivity index (χ4v) is 2.16. The maximum atomic E-state index is 11.6. The molecule has 0 aliphatic heterocycles. The van der Waals surface area contributed by atoms with Gasteiger partial charge in [-0.3, -0.25) is 4.79 Å². The summed E-state index contributed by atoms with van der Waals surface area (Å²) in [5.74, 6) is 1.32. The number of rotatable bonds is 8. The van der Waals surface area contributed by atoms with Gasteiger partial charge in [-0.2, -0.15) is 0 Å². The molecule has 0 spiro atoms. The van der Waals surface area contributed by atoms with Gasteiger partial charge in [0.2, 0.25) is 5.91 Å². The maximum absolute atomic E-state index is 11.6. The lowest BCUT2D eigenvalue weighted by Gasteiger charge is -2.06. The Labute approximate surface area is 125 Å². The predicted molar refractivity (Wildman–Crippen MR) is 82.5 cm³/mol. The number of amides is 1. The minimum atomic E-state index is 0. The van der Waals surface area contributed by atoms with Crippen LogP contribution in [0.4, 0.5) is 0 Å².